The van der Waals surface area contributed by atoms with Gasteiger partial charge in [-0.15, -0.1) is 0 Å². The molecule has 1 aliphatic rings. The van der Waals surface area contributed by atoms with Crippen molar-refractivity contribution in [1.82, 2.24) is 0 Å². The highest BCUT2D eigenvalue weighted by molar-refractivity contribution is 5.64. The number of rotatable bonds is 2. The molecule has 0 spiro atoms. The summed E-state index contributed by atoms with van der Waals surface area (Å²) in [5, 5.41) is 27.4. The molecular weight excluding hydrogens is 274 g/mol. The molecule has 1 heterocycles. The maximum Gasteiger partial charge on any atom is 0.172 e. The number of nitriles is 3. The smallest absolute Gasteiger partial charge is 0.172 e. The van der Waals surface area contributed by atoms with Gasteiger partial charge in [0.2, 0.25) is 0 Å². The summed E-state index contributed by atoms with van der Waals surface area (Å²) in [4.78, 5) is 0. The van der Waals surface area contributed by atoms with Crippen molar-refractivity contribution >= 4 is 6.08 Å². The molecule has 0 saturated carbocycles. The quantitative estimate of drug-likeness (QED) is 0.778. The fourth-order valence-electron chi connectivity index (χ4n) is 2.23. The van der Waals surface area contributed by atoms with E-state index in [0.717, 1.165) is 5.56 Å². The van der Waals surface area contributed by atoms with Crippen LogP contribution < -0.4 is 0 Å². The van der Waals surface area contributed by atoms with E-state index in [-0.39, 0.29) is 16.9 Å². The van der Waals surface area contributed by atoms with Crippen LogP contribution in [0.1, 0.15) is 19.4 Å². The van der Waals surface area contributed by atoms with Crippen molar-refractivity contribution in [2.24, 2.45) is 0 Å². The van der Waals surface area contributed by atoms with Crippen molar-refractivity contribution in [2.75, 3.05) is 0 Å². The predicted molar refractivity (Wildman–Crippen MR) is 81.5 cm³/mol. The van der Waals surface area contributed by atoms with Gasteiger partial charge in [-0.25, -0.2) is 0 Å². The van der Waals surface area contributed by atoms with Crippen molar-refractivity contribution in [1.29, 1.82) is 15.8 Å². The van der Waals surface area contributed by atoms with Gasteiger partial charge >= 0.3 is 0 Å². The standard InChI is InChI=1S/C18H13N3O/c1-18(2)16(9-8-13-6-4-3-5-7-13)15(12-21)17(22-18)14(10-19)11-20/h3-9H,1-2H3/b9-8+. The van der Waals surface area contributed by atoms with E-state index in [0.29, 0.717) is 5.57 Å². The number of hydrogen-bond donors (Lipinski definition) is 0. The van der Waals surface area contributed by atoms with Crippen molar-refractivity contribution in [3.05, 3.63) is 64.4 Å². The zero-order valence-corrected chi connectivity index (χ0v) is 12.3. The van der Waals surface area contributed by atoms with Gasteiger partial charge in [0, 0.05) is 5.57 Å². The van der Waals surface area contributed by atoms with E-state index in [2.05, 4.69) is 0 Å². The van der Waals surface area contributed by atoms with Gasteiger partial charge in [0.25, 0.3) is 0 Å². The van der Waals surface area contributed by atoms with E-state index in [4.69, 9.17) is 15.3 Å². The minimum absolute atomic E-state index is 0.0604. The highest BCUT2D eigenvalue weighted by Crippen LogP contribution is 2.40. The van der Waals surface area contributed by atoms with Crippen LogP contribution in [-0.2, 0) is 4.74 Å². The molecule has 1 aromatic rings. The number of hydrogen-bond acceptors (Lipinski definition) is 4. The van der Waals surface area contributed by atoms with Gasteiger partial charge in [0.15, 0.2) is 11.3 Å². The molecule has 1 aliphatic heterocycles. The summed E-state index contributed by atoms with van der Waals surface area (Å²) < 4.78 is 5.68. The molecule has 0 saturated heterocycles. The van der Waals surface area contributed by atoms with Crippen LogP contribution in [0.25, 0.3) is 6.08 Å². The fraction of sp³-hybridized carbons (Fsp3) is 0.167. The number of allylic oxidation sites excluding steroid dienone is 2. The molecule has 0 aromatic heterocycles. The van der Waals surface area contributed by atoms with Crippen LogP contribution in [0.3, 0.4) is 0 Å². The lowest BCUT2D eigenvalue weighted by Gasteiger charge is -2.20. The first-order chi connectivity index (χ1) is 10.5. The molecule has 0 N–H and O–H groups in total. The largest absolute Gasteiger partial charge is 0.480 e. The maximum absolute atomic E-state index is 9.40. The summed E-state index contributed by atoms with van der Waals surface area (Å²) >= 11 is 0. The van der Waals surface area contributed by atoms with Crippen LogP contribution in [0.2, 0.25) is 0 Å². The van der Waals surface area contributed by atoms with Crippen molar-refractivity contribution < 1.29 is 4.74 Å². The summed E-state index contributed by atoms with van der Waals surface area (Å²) in [5.74, 6) is 0.0604. The van der Waals surface area contributed by atoms with Crippen molar-refractivity contribution in [2.45, 2.75) is 19.4 Å². The van der Waals surface area contributed by atoms with Gasteiger partial charge < -0.3 is 4.74 Å². The van der Waals surface area contributed by atoms with E-state index in [9.17, 15) is 5.26 Å². The van der Waals surface area contributed by atoms with E-state index >= 15 is 0 Å². The molecule has 0 fully saturated rings. The summed E-state index contributed by atoms with van der Waals surface area (Å²) in [7, 11) is 0. The average Bonchev–Trinajstić information content (AvgIpc) is 2.77. The zero-order chi connectivity index (χ0) is 16.2. The minimum Gasteiger partial charge on any atom is -0.480 e. The molecule has 0 aliphatic carbocycles. The third-order valence-corrected chi connectivity index (χ3v) is 3.31. The summed E-state index contributed by atoms with van der Waals surface area (Å²) in [5.41, 5.74) is 0.908. The Morgan fingerprint density at radius 1 is 1.05 bits per heavy atom. The topological polar surface area (TPSA) is 80.6 Å². The molecule has 0 bridgehead atoms. The molecule has 0 atom stereocenters. The Hall–Kier alpha value is -3.29. The molecule has 22 heavy (non-hydrogen) atoms. The average molecular weight is 287 g/mol. The lowest BCUT2D eigenvalue weighted by Crippen LogP contribution is -2.20. The van der Waals surface area contributed by atoms with Crippen molar-refractivity contribution in [3.63, 3.8) is 0 Å². The van der Waals surface area contributed by atoms with Crippen LogP contribution in [-0.4, -0.2) is 5.60 Å². The monoisotopic (exact) mass is 287 g/mol. The molecule has 0 unspecified atom stereocenters. The second kappa shape index (κ2) is 6.00. The predicted octanol–water partition coefficient (Wildman–Crippen LogP) is 3.63. The maximum atomic E-state index is 9.40. The Labute approximate surface area is 129 Å². The normalized spacial score (nSPS) is 15.9. The van der Waals surface area contributed by atoms with Gasteiger partial charge in [0.05, 0.1) is 0 Å². The van der Waals surface area contributed by atoms with E-state index in [1.54, 1.807) is 32.1 Å². The van der Waals surface area contributed by atoms with Crippen LogP contribution in [0.15, 0.2) is 58.9 Å². The third kappa shape index (κ3) is 2.75. The summed E-state index contributed by atoms with van der Waals surface area (Å²) in [6.07, 6.45) is 3.67. The molecule has 1 aromatic carbocycles. The summed E-state index contributed by atoms with van der Waals surface area (Å²) in [6.45, 7) is 3.60. The number of benzene rings is 1. The second-order valence-electron chi connectivity index (χ2n) is 5.18. The lowest BCUT2D eigenvalue weighted by molar-refractivity contribution is 0.0954. The van der Waals surface area contributed by atoms with Gasteiger partial charge in [0.1, 0.15) is 29.4 Å². The van der Waals surface area contributed by atoms with Gasteiger partial charge in [-0.05, 0) is 19.4 Å². The Morgan fingerprint density at radius 2 is 1.68 bits per heavy atom. The van der Waals surface area contributed by atoms with E-state index in [1.807, 2.05) is 42.5 Å². The van der Waals surface area contributed by atoms with E-state index < -0.39 is 5.60 Å². The minimum atomic E-state index is -0.773. The van der Waals surface area contributed by atoms with Crippen LogP contribution in [0.5, 0.6) is 0 Å². The Balaban J connectivity index is 2.56. The lowest BCUT2D eigenvalue weighted by atomic mass is 9.94. The molecule has 106 valence electrons. The SMILES string of the molecule is CC1(C)OC(=C(C#N)C#N)C(C#N)=C1/C=C/c1ccccc1. The zero-order valence-electron chi connectivity index (χ0n) is 12.3. The van der Waals surface area contributed by atoms with E-state index in [1.165, 1.54) is 0 Å². The van der Waals surface area contributed by atoms with Crippen LogP contribution in [0, 0.1) is 34.0 Å². The number of ether oxygens (including phenoxy) is 1. The molecule has 0 radical (unpaired) electrons. The number of nitrogens with zero attached hydrogens (tertiary/aromatic N) is 3. The van der Waals surface area contributed by atoms with Gasteiger partial charge in [-0.1, -0.05) is 42.5 Å². The molecule has 4 heteroatoms. The molecule has 2 rings (SSSR count). The van der Waals surface area contributed by atoms with Crippen molar-refractivity contribution in [3.8, 4) is 18.2 Å². The first-order valence-corrected chi connectivity index (χ1v) is 6.65. The Kier molecular flexibility index (Phi) is 4.12. The van der Waals surface area contributed by atoms with Gasteiger partial charge in [-0.3, -0.25) is 0 Å². The molecular formula is C18H13N3O. The van der Waals surface area contributed by atoms with Gasteiger partial charge in [-0.2, -0.15) is 15.8 Å². The second-order valence-corrected chi connectivity index (χ2v) is 5.18. The Bertz CT molecular complexity index is 791. The van der Waals surface area contributed by atoms with Crippen LogP contribution >= 0.6 is 0 Å². The van der Waals surface area contributed by atoms with Crippen LogP contribution in [0.4, 0.5) is 0 Å². The Morgan fingerprint density at radius 3 is 2.23 bits per heavy atom. The fourth-order valence-corrected chi connectivity index (χ4v) is 2.23. The molecule has 0 amide bonds. The third-order valence-electron chi connectivity index (χ3n) is 3.31. The highest BCUT2D eigenvalue weighted by Gasteiger charge is 2.38. The summed E-state index contributed by atoms with van der Waals surface area (Å²) in [6, 6.07) is 15.2. The first kappa shape index (κ1) is 15.1. The first-order valence-electron chi connectivity index (χ1n) is 6.65. The molecule has 4 nitrogen and oxygen atoms in total. The highest BCUT2D eigenvalue weighted by atomic mass is 16.5.